The van der Waals surface area contributed by atoms with Crippen molar-refractivity contribution in [3.8, 4) is 0 Å². The fourth-order valence-corrected chi connectivity index (χ4v) is 2.05. The number of aliphatic carboxylic acids is 1. The first kappa shape index (κ1) is 23.3. The molecule has 0 aliphatic carbocycles. The van der Waals surface area contributed by atoms with E-state index in [1.807, 2.05) is 6.08 Å². The van der Waals surface area contributed by atoms with Gasteiger partial charge >= 0.3 is 5.97 Å². The quantitative estimate of drug-likeness (QED) is 0.206. The Morgan fingerprint density at radius 2 is 1.52 bits per heavy atom. The average Bonchev–Trinajstić information content (AvgIpc) is 2.56. The smallest absolute Gasteiger partial charge is 0.303 e. The Morgan fingerprint density at radius 3 is 2.16 bits per heavy atom. The van der Waals surface area contributed by atoms with Crippen molar-refractivity contribution in [2.45, 2.75) is 63.6 Å². The van der Waals surface area contributed by atoms with Gasteiger partial charge in [0.25, 0.3) is 0 Å². The van der Waals surface area contributed by atoms with Crippen molar-refractivity contribution in [3.63, 3.8) is 0 Å². The van der Waals surface area contributed by atoms with E-state index in [9.17, 15) is 15.0 Å². The molecule has 0 saturated carbocycles. The lowest BCUT2D eigenvalue weighted by atomic mass is 10.1. The second-order valence-corrected chi connectivity index (χ2v) is 5.86. The predicted molar refractivity (Wildman–Crippen MR) is 100 cm³/mol. The molecule has 2 atom stereocenters. The van der Waals surface area contributed by atoms with Crippen LogP contribution in [0.15, 0.2) is 48.6 Å². The number of hydrogen-bond acceptors (Lipinski definition) is 4. The number of carboxylic acid groups (broad SMARTS) is 1. The lowest BCUT2D eigenvalue weighted by Gasteiger charge is -2.02. The van der Waals surface area contributed by atoms with Gasteiger partial charge in [0.15, 0.2) is 0 Å². The van der Waals surface area contributed by atoms with Crippen LogP contribution >= 0.6 is 0 Å². The molecule has 0 aliphatic rings. The van der Waals surface area contributed by atoms with Crippen LogP contribution in [0.4, 0.5) is 0 Å². The van der Waals surface area contributed by atoms with Gasteiger partial charge in [-0.3, -0.25) is 4.79 Å². The molecule has 0 fully saturated rings. The Hall–Kier alpha value is -1.69. The highest BCUT2D eigenvalue weighted by molar-refractivity contribution is 5.66. The third-order valence-corrected chi connectivity index (χ3v) is 3.46. The standard InChI is InChI=1S/C20H32O5/c21-17-10-6-2-1-3-7-12-18(22)13-8-4-5-9-14-19(23)15-11-16-20(24)25/h3-5,7-9,13-14,18-19,21-23H,1-2,6,10-12,15-17H2,(H,24,25)/t18-,19+/m0/s1. The number of allylic oxidation sites excluding steroid dienone is 5. The Labute approximate surface area is 150 Å². The number of carbonyl (C=O) groups is 1. The molecule has 0 aromatic rings. The Kier molecular flexibility index (Phi) is 16.0. The molecule has 5 heteroatoms. The summed E-state index contributed by atoms with van der Waals surface area (Å²) < 4.78 is 0. The molecule has 5 nitrogen and oxygen atoms in total. The molecule has 0 heterocycles. The molecule has 4 N–H and O–H groups in total. The van der Waals surface area contributed by atoms with Crippen LogP contribution in [0, 0.1) is 0 Å². The van der Waals surface area contributed by atoms with E-state index in [1.165, 1.54) is 0 Å². The molecule has 0 aromatic heterocycles. The van der Waals surface area contributed by atoms with Gasteiger partial charge in [0.05, 0.1) is 12.2 Å². The van der Waals surface area contributed by atoms with Gasteiger partial charge in [0, 0.05) is 13.0 Å². The summed E-state index contributed by atoms with van der Waals surface area (Å²) in [6, 6.07) is 0. The van der Waals surface area contributed by atoms with Gasteiger partial charge in [-0.15, -0.1) is 0 Å². The van der Waals surface area contributed by atoms with Crippen LogP contribution in [0.5, 0.6) is 0 Å². The molecule has 0 spiro atoms. The van der Waals surface area contributed by atoms with Crippen molar-refractivity contribution in [1.82, 2.24) is 0 Å². The molecule has 0 amide bonds. The first-order chi connectivity index (χ1) is 12.1. The molecule has 142 valence electrons. The van der Waals surface area contributed by atoms with Crippen molar-refractivity contribution in [3.05, 3.63) is 48.6 Å². The second-order valence-electron chi connectivity index (χ2n) is 5.86. The monoisotopic (exact) mass is 352 g/mol. The van der Waals surface area contributed by atoms with Crippen LogP contribution in [0.25, 0.3) is 0 Å². The van der Waals surface area contributed by atoms with E-state index in [4.69, 9.17) is 10.2 Å². The van der Waals surface area contributed by atoms with Crippen LogP contribution in [0.2, 0.25) is 0 Å². The van der Waals surface area contributed by atoms with Crippen LogP contribution in [-0.4, -0.2) is 45.2 Å². The molecular weight excluding hydrogens is 320 g/mol. The summed E-state index contributed by atoms with van der Waals surface area (Å²) in [5.41, 5.74) is 0. The summed E-state index contributed by atoms with van der Waals surface area (Å²) in [7, 11) is 0. The zero-order valence-electron chi connectivity index (χ0n) is 14.8. The number of carboxylic acids is 1. The van der Waals surface area contributed by atoms with Gasteiger partial charge in [0.1, 0.15) is 0 Å². The van der Waals surface area contributed by atoms with Crippen LogP contribution in [-0.2, 0) is 4.79 Å². The normalized spacial score (nSPS) is 15.0. The molecule has 0 radical (unpaired) electrons. The van der Waals surface area contributed by atoms with Gasteiger partial charge in [-0.1, -0.05) is 55.0 Å². The molecule has 0 aromatic carbocycles. The first-order valence-electron chi connectivity index (χ1n) is 8.91. The maximum absolute atomic E-state index is 10.4. The first-order valence-corrected chi connectivity index (χ1v) is 8.91. The maximum atomic E-state index is 10.4. The fraction of sp³-hybridized carbons (Fsp3) is 0.550. The summed E-state index contributed by atoms with van der Waals surface area (Å²) in [5.74, 6) is -0.851. The third-order valence-electron chi connectivity index (χ3n) is 3.46. The van der Waals surface area contributed by atoms with Crippen molar-refractivity contribution < 1.29 is 25.2 Å². The van der Waals surface area contributed by atoms with E-state index in [0.29, 0.717) is 19.3 Å². The average molecular weight is 352 g/mol. The van der Waals surface area contributed by atoms with Crippen molar-refractivity contribution >= 4 is 5.97 Å². The van der Waals surface area contributed by atoms with Crippen molar-refractivity contribution in [1.29, 1.82) is 0 Å². The van der Waals surface area contributed by atoms with E-state index in [-0.39, 0.29) is 13.0 Å². The lowest BCUT2D eigenvalue weighted by molar-refractivity contribution is -0.137. The van der Waals surface area contributed by atoms with Crippen LogP contribution in [0.3, 0.4) is 0 Å². The number of aliphatic hydroxyl groups is 3. The minimum Gasteiger partial charge on any atom is -0.481 e. The van der Waals surface area contributed by atoms with Crippen LogP contribution < -0.4 is 0 Å². The minimum atomic E-state index is -0.851. The van der Waals surface area contributed by atoms with Crippen molar-refractivity contribution in [2.24, 2.45) is 0 Å². The SMILES string of the molecule is O=C(O)CCC[C@H](O)C=CC=CC=C[C@@H](O)CC=CCCCCCO. The maximum Gasteiger partial charge on any atom is 0.303 e. The molecule has 0 unspecified atom stereocenters. The number of rotatable bonds is 15. The molecule has 0 aliphatic heterocycles. The highest BCUT2D eigenvalue weighted by Gasteiger charge is 2.01. The highest BCUT2D eigenvalue weighted by Crippen LogP contribution is 2.03. The Morgan fingerprint density at radius 1 is 0.840 bits per heavy atom. The summed E-state index contributed by atoms with van der Waals surface area (Å²) in [5, 5.41) is 36.5. The number of hydrogen-bond donors (Lipinski definition) is 4. The van der Waals surface area contributed by atoms with Crippen LogP contribution in [0.1, 0.15) is 51.4 Å². The van der Waals surface area contributed by atoms with E-state index in [2.05, 4.69) is 6.08 Å². The van der Waals surface area contributed by atoms with Gasteiger partial charge in [-0.2, -0.15) is 0 Å². The number of aliphatic hydroxyl groups excluding tert-OH is 3. The second kappa shape index (κ2) is 17.1. The minimum absolute atomic E-state index is 0.0679. The predicted octanol–water partition coefficient (Wildman–Crippen LogP) is 3.13. The fourth-order valence-electron chi connectivity index (χ4n) is 2.05. The summed E-state index contributed by atoms with van der Waals surface area (Å²) in [4.78, 5) is 10.4. The molecule has 0 saturated heterocycles. The highest BCUT2D eigenvalue weighted by atomic mass is 16.4. The zero-order valence-corrected chi connectivity index (χ0v) is 14.8. The summed E-state index contributed by atoms with van der Waals surface area (Å²) in [6.45, 7) is 0.250. The molecular formula is C20H32O5. The van der Waals surface area contributed by atoms with Gasteiger partial charge in [-0.05, 0) is 38.5 Å². The van der Waals surface area contributed by atoms with Gasteiger partial charge < -0.3 is 20.4 Å². The topological polar surface area (TPSA) is 98.0 Å². The van der Waals surface area contributed by atoms with E-state index in [0.717, 1.165) is 25.7 Å². The van der Waals surface area contributed by atoms with Gasteiger partial charge in [0.2, 0.25) is 0 Å². The van der Waals surface area contributed by atoms with E-state index >= 15 is 0 Å². The Balaban J connectivity index is 3.79. The number of unbranched alkanes of at least 4 members (excludes halogenated alkanes) is 3. The molecule has 0 bridgehead atoms. The van der Waals surface area contributed by atoms with Gasteiger partial charge in [-0.25, -0.2) is 0 Å². The summed E-state index contributed by atoms with van der Waals surface area (Å²) in [6.07, 6.45) is 18.5. The van der Waals surface area contributed by atoms with Crippen molar-refractivity contribution in [2.75, 3.05) is 6.61 Å². The third kappa shape index (κ3) is 18.5. The Bertz CT molecular complexity index is 437. The van der Waals surface area contributed by atoms with E-state index in [1.54, 1.807) is 36.5 Å². The largest absolute Gasteiger partial charge is 0.481 e. The van der Waals surface area contributed by atoms with E-state index < -0.39 is 18.2 Å². The summed E-state index contributed by atoms with van der Waals surface area (Å²) >= 11 is 0. The zero-order chi connectivity index (χ0) is 18.8. The molecule has 25 heavy (non-hydrogen) atoms. The molecule has 0 rings (SSSR count). The lowest BCUT2D eigenvalue weighted by Crippen LogP contribution is -2.03.